The molecule has 2 rings (SSSR count). The van der Waals surface area contributed by atoms with Gasteiger partial charge in [-0.25, -0.2) is 0 Å². The van der Waals surface area contributed by atoms with E-state index in [9.17, 15) is 9.90 Å². The van der Waals surface area contributed by atoms with E-state index in [4.69, 9.17) is 11.6 Å². The third kappa shape index (κ3) is 2.59. The Hall–Kier alpha value is -0.870. The molecule has 0 bridgehead atoms. The van der Waals surface area contributed by atoms with Crippen LogP contribution in [0.1, 0.15) is 44.0 Å². The number of aromatic nitrogens is 2. The molecular formula is C13H19ClN2O2. The summed E-state index contributed by atoms with van der Waals surface area (Å²) >= 11 is 6.28. The van der Waals surface area contributed by atoms with Crippen LogP contribution in [0.5, 0.6) is 0 Å². The lowest BCUT2D eigenvalue weighted by Gasteiger charge is -2.31. The number of Topliss-reactive ketones (excluding diaryl/α,β-unsaturated/α-hetero) is 1. The Morgan fingerprint density at radius 2 is 2.06 bits per heavy atom. The quantitative estimate of drug-likeness (QED) is 0.915. The largest absolute Gasteiger partial charge is 0.389 e. The molecule has 100 valence electrons. The SMILES string of the molecule is CCc1nn(C)c(CC2(O)CCC(=O)CC2)c1Cl. The average molecular weight is 271 g/mol. The van der Waals surface area contributed by atoms with E-state index < -0.39 is 5.60 Å². The number of hydrogen-bond acceptors (Lipinski definition) is 3. The first kappa shape index (κ1) is 13.6. The van der Waals surface area contributed by atoms with Gasteiger partial charge >= 0.3 is 0 Å². The molecule has 18 heavy (non-hydrogen) atoms. The van der Waals surface area contributed by atoms with Crippen molar-refractivity contribution in [2.45, 2.75) is 51.0 Å². The van der Waals surface area contributed by atoms with E-state index in [1.54, 1.807) is 4.68 Å². The summed E-state index contributed by atoms with van der Waals surface area (Å²) in [5.41, 5.74) is 0.922. The molecule has 0 spiro atoms. The molecule has 1 N–H and O–H groups in total. The zero-order valence-electron chi connectivity index (χ0n) is 10.9. The lowest BCUT2D eigenvalue weighted by atomic mass is 9.81. The van der Waals surface area contributed by atoms with Crippen molar-refractivity contribution >= 4 is 17.4 Å². The maximum absolute atomic E-state index is 11.2. The number of carbonyl (C=O) groups excluding carboxylic acids is 1. The maximum atomic E-state index is 11.2. The van der Waals surface area contributed by atoms with Crippen molar-refractivity contribution < 1.29 is 9.90 Å². The molecule has 0 amide bonds. The number of aliphatic hydroxyl groups is 1. The molecule has 1 heterocycles. The van der Waals surface area contributed by atoms with Gasteiger partial charge in [0.1, 0.15) is 5.78 Å². The first-order chi connectivity index (χ1) is 8.45. The third-order valence-corrected chi connectivity index (χ3v) is 4.17. The van der Waals surface area contributed by atoms with Crippen LogP contribution in [0.3, 0.4) is 0 Å². The van der Waals surface area contributed by atoms with Gasteiger partial charge in [-0.2, -0.15) is 5.10 Å². The van der Waals surface area contributed by atoms with Crippen LogP contribution in [-0.2, 0) is 24.7 Å². The van der Waals surface area contributed by atoms with Crippen LogP contribution in [0.25, 0.3) is 0 Å². The number of aryl methyl sites for hydroxylation is 2. The van der Waals surface area contributed by atoms with E-state index in [0.29, 0.717) is 37.1 Å². The molecule has 1 saturated carbocycles. The van der Waals surface area contributed by atoms with Crippen molar-refractivity contribution in [3.63, 3.8) is 0 Å². The zero-order chi connectivity index (χ0) is 13.3. The monoisotopic (exact) mass is 270 g/mol. The minimum Gasteiger partial charge on any atom is -0.389 e. The van der Waals surface area contributed by atoms with E-state index >= 15 is 0 Å². The Kier molecular flexibility index (Phi) is 3.78. The van der Waals surface area contributed by atoms with Gasteiger partial charge in [0, 0.05) is 26.3 Å². The summed E-state index contributed by atoms with van der Waals surface area (Å²) in [5, 5.41) is 15.5. The van der Waals surface area contributed by atoms with Crippen LogP contribution in [0, 0.1) is 0 Å². The molecule has 4 nitrogen and oxygen atoms in total. The van der Waals surface area contributed by atoms with Gasteiger partial charge in [-0.1, -0.05) is 18.5 Å². The number of carbonyl (C=O) groups is 1. The normalized spacial score (nSPS) is 19.2. The predicted molar refractivity (Wildman–Crippen MR) is 69.7 cm³/mol. The van der Waals surface area contributed by atoms with Crippen molar-refractivity contribution in [2.24, 2.45) is 7.05 Å². The van der Waals surface area contributed by atoms with E-state index in [1.165, 1.54) is 0 Å². The van der Waals surface area contributed by atoms with Gasteiger partial charge in [0.15, 0.2) is 0 Å². The number of rotatable bonds is 3. The maximum Gasteiger partial charge on any atom is 0.133 e. The van der Waals surface area contributed by atoms with Crippen LogP contribution in [-0.4, -0.2) is 26.3 Å². The highest BCUT2D eigenvalue weighted by molar-refractivity contribution is 6.31. The summed E-state index contributed by atoms with van der Waals surface area (Å²) in [7, 11) is 1.84. The number of hydrogen-bond donors (Lipinski definition) is 1. The zero-order valence-corrected chi connectivity index (χ0v) is 11.6. The Morgan fingerprint density at radius 3 is 2.56 bits per heavy atom. The van der Waals surface area contributed by atoms with E-state index in [2.05, 4.69) is 5.10 Å². The van der Waals surface area contributed by atoms with Crippen molar-refractivity contribution in [1.82, 2.24) is 9.78 Å². The lowest BCUT2D eigenvalue weighted by Crippen LogP contribution is -2.37. The highest BCUT2D eigenvalue weighted by Gasteiger charge is 2.34. The Bertz CT molecular complexity index is 458. The molecular weight excluding hydrogens is 252 g/mol. The van der Waals surface area contributed by atoms with Crippen molar-refractivity contribution in [3.8, 4) is 0 Å². The summed E-state index contributed by atoms with van der Waals surface area (Å²) in [6, 6.07) is 0. The van der Waals surface area contributed by atoms with Crippen LogP contribution in [0.4, 0.5) is 0 Å². The molecule has 5 heteroatoms. The van der Waals surface area contributed by atoms with Gasteiger partial charge < -0.3 is 5.11 Å². The topological polar surface area (TPSA) is 55.1 Å². The summed E-state index contributed by atoms with van der Waals surface area (Å²) in [6.07, 6.45) is 3.23. The standard InChI is InChI=1S/C13H19ClN2O2/c1-3-10-12(14)11(16(2)15-10)8-13(18)6-4-9(17)5-7-13/h18H,3-8H2,1-2H3. The van der Waals surface area contributed by atoms with E-state index in [0.717, 1.165) is 17.8 Å². The van der Waals surface area contributed by atoms with Crippen LogP contribution in [0.15, 0.2) is 0 Å². The van der Waals surface area contributed by atoms with Gasteiger partial charge in [0.2, 0.25) is 0 Å². The number of nitrogens with zero attached hydrogens (tertiary/aromatic N) is 2. The summed E-state index contributed by atoms with van der Waals surface area (Å²) in [6.45, 7) is 2.01. The highest BCUT2D eigenvalue weighted by atomic mass is 35.5. The average Bonchev–Trinajstić information content (AvgIpc) is 2.61. The summed E-state index contributed by atoms with van der Waals surface area (Å²) < 4.78 is 1.75. The molecule has 1 fully saturated rings. The van der Waals surface area contributed by atoms with Gasteiger partial charge in [0.25, 0.3) is 0 Å². The second-order valence-electron chi connectivity index (χ2n) is 5.12. The Balaban J connectivity index is 2.18. The molecule has 0 aromatic carbocycles. The Morgan fingerprint density at radius 1 is 1.44 bits per heavy atom. The summed E-state index contributed by atoms with van der Waals surface area (Å²) in [4.78, 5) is 11.2. The molecule has 0 radical (unpaired) electrons. The van der Waals surface area contributed by atoms with Crippen LogP contribution >= 0.6 is 11.6 Å². The molecule has 1 aliphatic carbocycles. The third-order valence-electron chi connectivity index (χ3n) is 3.74. The fourth-order valence-corrected chi connectivity index (χ4v) is 2.86. The second kappa shape index (κ2) is 5.02. The first-order valence-corrected chi connectivity index (χ1v) is 6.77. The molecule has 1 aliphatic rings. The molecule has 1 aromatic rings. The number of ketones is 1. The van der Waals surface area contributed by atoms with Gasteiger partial charge in [-0.3, -0.25) is 9.48 Å². The second-order valence-corrected chi connectivity index (χ2v) is 5.50. The van der Waals surface area contributed by atoms with Gasteiger partial charge in [-0.05, 0) is 19.3 Å². The molecule has 0 saturated heterocycles. The molecule has 0 atom stereocenters. The summed E-state index contributed by atoms with van der Waals surface area (Å²) in [5.74, 6) is 0.241. The fourth-order valence-electron chi connectivity index (χ4n) is 2.49. The van der Waals surface area contributed by atoms with Crippen LogP contribution < -0.4 is 0 Å². The first-order valence-electron chi connectivity index (χ1n) is 6.39. The fraction of sp³-hybridized carbons (Fsp3) is 0.692. The minimum absolute atomic E-state index is 0.241. The van der Waals surface area contributed by atoms with Crippen molar-refractivity contribution in [3.05, 3.63) is 16.4 Å². The smallest absolute Gasteiger partial charge is 0.133 e. The number of halogens is 1. The minimum atomic E-state index is -0.809. The van der Waals surface area contributed by atoms with E-state index in [-0.39, 0.29) is 5.78 Å². The van der Waals surface area contributed by atoms with Gasteiger partial charge in [0.05, 0.1) is 22.0 Å². The molecule has 0 aliphatic heterocycles. The molecule has 1 aromatic heterocycles. The Labute approximate surface area is 112 Å². The van der Waals surface area contributed by atoms with Crippen molar-refractivity contribution in [2.75, 3.05) is 0 Å². The van der Waals surface area contributed by atoms with Crippen LogP contribution in [0.2, 0.25) is 5.02 Å². The lowest BCUT2D eigenvalue weighted by molar-refractivity contribution is -0.125. The molecule has 0 unspecified atom stereocenters. The highest BCUT2D eigenvalue weighted by Crippen LogP contribution is 2.32. The van der Waals surface area contributed by atoms with Crippen molar-refractivity contribution in [1.29, 1.82) is 0 Å². The van der Waals surface area contributed by atoms with Gasteiger partial charge in [-0.15, -0.1) is 0 Å². The van der Waals surface area contributed by atoms with E-state index in [1.807, 2.05) is 14.0 Å². The predicted octanol–water partition coefficient (Wildman–Crippen LogP) is 2.05.